The highest BCUT2D eigenvalue weighted by Crippen LogP contribution is 2.31. The van der Waals surface area contributed by atoms with Crippen molar-refractivity contribution < 1.29 is 14.3 Å². The van der Waals surface area contributed by atoms with Gasteiger partial charge in [-0.2, -0.15) is 0 Å². The Morgan fingerprint density at radius 3 is 2.61 bits per heavy atom. The van der Waals surface area contributed by atoms with Crippen LogP contribution < -0.4 is 14.8 Å². The third-order valence-corrected chi connectivity index (χ3v) is 5.76. The van der Waals surface area contributed by atoms with Crippen LogP contribution in [0.4, 0.5) is 5.69 Å². The smallest absolute Gasteiger partial charge is 0.234 e. The Hall–Kier alpha value is -3.00. The first-order valence-electron chi connectivity index (χ1n) is 10.2. The maximum atomic E-state index is 12.5. The lowest BCUT2D eigenvalue weighted by atomic mass is 10.1. The van der Waals surface area contributed by atoms with E-state index in [9.17, 15) is 4.79 Å². The number of methoxy groups -OCH3 is 1. The number of thioether (sulfide) groups is 1. The SMILES string of the molecule is CCn1c(SCC(=O)Nc2cc(C)ccc2C)nnc1C(C)Oc1ccccc1OC. The van der Waals surface area contributed by atoms with E-state index in [1.54, 1.807) is 7.11 Å². The minimum absolute atomic E-state index is 0.0794. The van der Waals surface area contributed by atoms with Gasteiger partial charge in [-0.25, -0.2) is 0 Å². The predicted octanol–water partition coefficient (Wildman–Crippen LogP) is 4.79. The van der Waals surface area contributed by atoms with Crippen LogP contribution in [0.1, 0.15) is 36.9 Å². The highest BCUT2D eigenvalue weighted by Gasteiger charge is 2.20. The predicted molar refractivity (Wildman–Crippen MR) is 123 cm³/mol. The summed E-state index contributed by atoms with van der Waals surface area (Å²) in [5.41, 5.74) is 2.97. The first-order valence-corrected chi connectivity index (χ1v) is 11.1. The fourth-order valence-electron chi connectivity index (χ4n) is 3.15. The highest BCUT2D eigenvalue weighted by atomic mass is 32.2. The van der Waals surface area contributed by atoms with E-state index in [4.69, 9.17) is 9.47 Å². The summed E-state index contributed by atoms with van der Waals surface area (Å²) in [7, 11) is 1.61. The van der Waals surface area contributed by atoms with Gasteiger partial charge in [-0.15, -0.1) is 10.2 Å². The van der Waals surface area contributed by atoms with Crippen molar-refractivity contribution in [2.45, 2.75) is 45.5 Å². The van der Waals surface area contributed by atoms with Crippen LogP contribution in [-0.2, 0) is 11.3 Å². The summed E-state index contributed by atoms with van der Waals surface area (Å²) < 4.78 is 13.4. The average Bonchev–Trinajstić information content (AvgIpc) is 3.18. The molecule has 1 N–H and O–H groups in total. The standard InChI is InChI=1S/C23H28N4O3S/c1-6-27-22(17(4)30-20-10-8-7-9-19(20)29-5)25-26-23(27)31-14-21(28)24-18-13-15(2)11-12-16(18)3/h7-13,17H,6,14H2,1-5H3,(H,24,28). The molecular weight excluding hydrogens is 412 g/mol. The molecule has 0 bridgehead atoms. The Labute approximate surface area is 187 Å². The Bertz CT molecular complexity index is 1050. The molecule has 0 saturated heterocycles. The first kappa shape index (κ1) is 22.7. The molecule has 164 valence electrons. The van der Waals surface area contributed by atoms with Crippen LogP contribution in [0.3, 0.4) is 0 Å². The molecule has 1 amide bonds. The van der Waals surface area contributed by atoms with Crippen molar-refractivity contribution in [3.8, 4) is 11.5 Å². The van der Waals surface area contributed by atoms with Gasteiger partial charge in [0.2, 0.25) is 5.91 Å². The molecule has 0 radical (unpaired) electrons. The van der Waals surface area contributed by atoms with Crippen LogP contribution in [0, 0.1) is 13.8 Å². The molecule has 0 aliphatic rings. The summed E-state index contributed by atoms with van der Waals surface area (Å²) in [6.45, 7) is 8.59. The molecule has 1 unspecified atom stereocenters. The number of hydrogen-bond acceptors (Lipinski definition) is 6. The molecule has 1 atom stereocenters. The number of anilines is 1. The number of carbonyl (C=O) groups excluding carboxylic acids is 1. The van der Waals surface area contributed by atoms with Crippen molar-refractivity contribution >= 4 is 23.4 Å². The number of nitrogens with zero attached hydrogens (tertiary/aromatic N) is 3. The van der Waals surface area contributed by atoms with Gasteiger partial charge in [-0.1, -0.05) is 36.0 Å². The van der Waals surface area contributed by atoms with E-state index in [0.29, 0.717) is 29.0 Å². The quantitative estimate of drug-likeness (QED) is 0.482. The molecular formula is C23H28N4O3S. The first-order chi connectivity index (χ1) is 14.9. The summed E-state index contributed by atoms with van der Waals surface area (Å²) in [5, 5.41) is 12.3. The van der Waals surface area contributed by atoms with Crippen molar-refractivity contribution in [1.29, 1.82) is 0 Å². The minimum atomic E-state index is -0.332. The molecule has 0 spiro atoms. The van der Waals surface area contributed by atoms with E-state index < -0.39 is 0 Å². The maximum absolute atomic E-state index is 12.5. The molecule has 8 heteroatoms. The van der Waals surface area contributed by atoms with Crippen LogP contribution in [0.15, 0.2) is 47.6 Å². The molecule has 0 aliphatic carbocycles. The largest absolute Gasteiger partial charge is 0.493 e. The summed E-state index contributed by atoms with van der Waals surface area (Å²) in [5.74, 6) is 2.17. The second-order valence-corrected chi connectivity index (χ2v) is 8.09. The van der Waals surface area contributed by atoms with E-state index in [-0.39, 0.29) is 17.8 Å². The maximum Gasteiger partial charge on any atom is 0.234 e. The fraction of sp³-hybridized carbons (Fsp3) is 0.348. The third kappa shape index (κ3) is 5.58. The zero-order valence-electron chi connectivity index (χ0n) is 18.5. The second-order valence-electron chi connectivity index (χ2n) is 7.15. The number of nitrogens with one attached hydrogen (secondary N) is 1. The van der Waals surface area contributed by atoms with Gasteiger partial charge in [0, 0.05) is 12.2 Å². The lowest BCUT2D eigenvalue weighted by Gasteiger charge is -2.17. The van der Waals surface area contributed by atoms with E-state index in [2.05, 4.69) is 15.5 Å². The molecule has 7 nitrogen and oxygen atoms in total. The van der Waals surface area contributed by atoms with E-state index in [1.165, 1.54) is 11.8 Å². The zero-order valence-corrected chi connectivity index (χ0v) is 19.3. The molecule has 1 aromatic heterocycles. The minimum Gasteiger partial charge on any atom is -0.493 e. The van der Waals surface area contributed by atoms with Crippen molar-refractivity contribution in [2.24, 2.45) is 0 Å². The van der Waals surface area contributed by atoms with E-state index in [0.717, 1.165) is 16.8 Å². The van der Waals surface area contributed by atoms with Crippen molar-refractivity contribution in [2.75, 3.05) is 18.2 Å². The fourth-order valence-corrected chi connectivity index (χ4v) is 3.96. The zero-order chi connectivity index (χ0) is 22.4. The topological polar surface area (TPSA) is 78.3 Å². The molecule has 31 heavy (non-hydrogen) atoms. The van der Waals surface area contributed by atoms with E-state index >= 15 is 0 Å². The Kier molecular flexibility index (Phi) is 7.57. The number of aryl methyl sites for hydroxylation is 2. The molecule has 3 rings (SSSR count). The molecule has 3 aromatic rings. The second kappa shape index (κ2) is 10.3. The van der Waals surface area contributed by atoms with Gasteiger partial charge in [0.15, 0.2) is 28.6 Å². The van der Waals surface area contributed by atoms with Gasteiger partial charge >= 0.3 is 0 Å². The summed E-state index contributed by atoms with van der Waals surface area (Å²) >= 11 is 1.36. The summed E-state index contributed by atoms with van der Waals surface area (Å²) in [4.78, 5) is 12.5. The lowest BCUT2D eigenvalue weighted by Crippen LogP contribution is -2.16. The third-order valence-electron chi connectivity index (χ3n) is 4.80. The van der Waals surface area contributed by atoms with Crippen LogP contribution in [0.5, 0.6) is 11.5 Å². The van der Waals surface area contributed by atoms with Gasteiger partial charge in [0.05, 0.1) is 12.9 Å². The molecule has 1 heterocycles. The number of rotatable bonds is 9. The summed E-state index contributed by atoms with van der Waals surface area (Å²) in [6, 6.07) is 13.5. The number of amides is 1. The number of benzene rings is 2. The van der Waals surface area contributed by atoms with Gasteiger partial charge in [0.1, 0.15) is 0 Å². The molecule has 0 fully saturated rings. The normalized spacial score (nSPS) is 11.8. The molecule has 2 aromatic carbocycles. The summed E-state index contributed by atoms with van der Waals surface area (Å²) in [6.07, 6.45) is -0.332. The number of hydrogen-bond donors (Lipinski definition) is 1. The highest BCUT2D eigenvalue weighted by molar-refractivity contribution is 7.99. The van der Waals surface area contributed by atoms with E-state index in [1.807, 2.05) is 74.7 Å². The Morgan fingerprint density at radius 1 is 1.16 bits per heavy atom. The number of carbonyl (C=O) groups is 1. The number of aromatic nitrogens is 3. The van der Waals surface area contributed by atoms with Crippen LogP contribution >= 0.6 is 11.8 Å². The van der Waals surface area contributed by atoms with Gasteiger partial charge < -0.3 is 19.4 Å². The van der Waals surface area contributed by atoms with Crippen LogP contribution in [0.2, 0.25) is 0 Å². The number of ether oxygens (including phenoxy) is 2. The van der Waals surface area contributed by atoms with Crippen LogP contribution in [-0.4, -0.2) is 33.5 Å². The van der Waals surface area contributed by atoms with Crippen LogP contribution in [0.25, 0.3) is 0 Å². The average molecular weight is 441 g/mol. The number of para-hydroxylation sites is 2. The lowest BCUT2D eigenvalue weighted by molar-refractivity contribution is -0.113. The van der Waals surface area contributed by atoms with Gasteiger partial charge in [0.25, 0.3) is 0 Å². The monoisotopic (exact) mass is 440 g/mol. The van der Waals surface area contributed by atoms with Crippen molar-refractivity contribution in [1.82, 2.24) is 14.8 Å². The Balaban J connectivity index is 1.66. The van der Waals surface area contributed by atoms with Gasteiger partial charge in [-0.3, -0.25) is 4.79 Å². The van der Waals surface area contributed by atoms with Crippen molar-refractivity contribution in [3.05, 3.63) is 59.4 Å². The van der Waals surface area contributed by atoms with Gasteiger partial charge in [-0.05, 0) is 57.0 Å². The Morgan fingerprint density at radius 2 is 1.90 bits per heavy atom. The molecule has 0 saturated carbocycles. The molecule has 0 aliphatic heterocycles. The van der Waals surface area contributed by atoms with Crippen molar-refractivity contribution in [3.63, 3.8) is 0 Å².